The molecule has 0 radical (unpaired) electrons. The number of pyridine rings is 1. The molecule has 1 amide bonds. The minimum absolute atomic E-state index is 0.0703. The molecule has 0 unspecified atom stereocenters. The molecule has 1 aliphatic heterocycles. The standard InChI is InChI=1S/C20H23N3O2/c1-25-19-5-2-18(3-6-19)16-22-12-14-23(15-13-22)20(24)7-4-17-8-10-21-11-9-17/h2-11H,12-16H2,1H3/b7-4+. The number of aromatic nitrogens is 1. The molecule has 2 heterocycles. The molecule has 0 aliphatic carbocycles. The summed E-state index contributed by atoms with van der Waals surface area (Å²) in [6.45, 7) is 4.20. The van der Waals surface area contributed by atoms with Gasteiger partial charge in [0.1, 0.15) is 5.75 Å². The number of hydrogen-bond donors (Lipinski definition) is 0. The molecule has 25 heavy (non-hydrogen) atoms. The highest BCUT2D eigenvalue weighted by Gasteiger charge is 2.19. The van der Waals surface area contributed by atoms with Gasteiger partial charge >= 0.3 is 0 Å². The van der Waals surface area contributed by atoms with Gasteiger partial charge in [-0.2, -0.15) is 0 Å². The van der Waals surface area contributed by atoms with Gasteiger partial charge in [0.15, 0.2) is 0 Å². The second kappa shape index (κ2) is 8.44. The molecule has 1 aromatic carbocycles. The average Bonchev–Trinajstić information content (AvgIpc) is 2.68. The summed E-state index contributed by atoms with van der Waals surface area (Å²) < 4.78 is 5.19. The topological polar surface area (TPSA) is 45.7 Å². The van der Waals surface area contributed by atoms with E-state index in [1.165, 1.54) is 5.56 Å². The summed E-state index contributed by atoms with van der Waals surface area (Å²) in [6, 6.07) is 11.9. The highest BCUT2D eigenvalue weighted by Crippen LogP contribution is 2.14. The van der Waals surface area contributed by atoms with Gasteiger partial charge in [-0.1, -0.05) is 12.1 Å². The van der Waals surface area contributed by atoms with Gasteiger partial charge in [-0.3, -0.25) is 14.7 Å². The Kier molecular flexibility index (Phi) is 5.80. The summed E-state index contributed by atoms with van der Waals surface area (Å²) in [6.07, 6.45) is 6.94. The van der Waals surface area contributed by atoms with Crippen molar-refractivity contribution >= 4 is 12.0 Å². The van der Waals surface area contributed by atoms with E-state index in [2.05, 4.69) is 22.0 Å². The van der Waals surface area contributed by atoms with Crippen LogP contribution >= 0.6 is 0 Å². The van der Waals surface area contributed by atoms with Crippen LogP contribution in [0.2, 0.25) is 0 Å². The zero-order valence-electron chi connectivity index (χ0n) is 14.5. The van der Waals surface area contributed by atoms with E-state index in [1.54, 1.807) is 25.6 Å². The molecule has 1 aliphatic rings. The number of amides is 1. The number of rotatable bonds is 5. The van der Waals surface area contributed by atoms with Gasteiger partial charge in [0.05, 0.1) is 7.11 Å². The summed E-state index contributed by atoms with van der Waals surface area (Å²) in [5, 5.41) is 0. The summed E-state index contributed by atoms with van der Waals surface area (Å²) >= 11 is 0. The Labute approximate surface area is 148 Å². The predicted octanol–water partition coefficient (Wildman–Crippen LogP) is 2.45. The van der Waals surface area contributed by atoms with Crippen molar-refractivity contribution in [2.45, 2.75) is 6.54 Å². The Morgan fingerprint density at radius 1 is 1.08 bits per heavy atom. The smallest absolute Gasteiger partial charge is 0.246 e. The minimum Gasteiger partial charge on any atom is -0.497 e. The number of nitrogens with zero attached hydrogens (tertiary/aromatic N) is 3. The van der Waals surface area contributed by atoms with Crippen LogP contribution in [-0.4, -0.2) is 54.0 Å². The van der Waals surface area contributed by atoms with Crippen molar-refractivity contribution in [1.29, 1.82) is 0 Å². The van der Waals surface area contributed by atoms with E-state index in [0.717, 1.165) is 44.0 Å². The molecule has 1 saturated heterocycles. The van der Waals surface area contributed by atoms with Crippen molar-refractivity contribution in [2.24, 2.45) is 0 Å². The lowest BCUT2D eigenvalue weighted by molar-refractivity contribution is -0.127. The molecule has 0 N–H and O–H groups in total. The van der Waals surface area contributed by atoms with Crippen molar-refractivity contribution in [3.63, 3.8) is 0 Å². The van der Waals surface area contributed by atoms with Crippen LogP contribution in [0.4, 0.5) is 0 Å². The Bertz CT molecular complexity index is 705. The molecule has 1 aromatic heterocycles. The van der Waals surface area contributed by atoms with E-state index in [0.29, 0.717) is 0 Å². The number of carbonyl (C=O) groups is 1. The van der Waals surface area contributed by atoms with Gasteiger partial charge < -0.3 is 9.64 Å². The average molecular weight is 337 g/mol. The third kappa shape index (κ3) is 4.90. The molecule has 0 bridgehead atoms. The van der Waals surface area contributed by atoms with Crippen LogP contribution in [0.15, 0.2) is 54.9 Å². The van der Waals surface area contributed by atoms with Crippen LogP contribution in [0, 0.1) is 0 Å². The summed E-state index contributed by atoms with van der Waals surface area (Å²) in [5.41, 5.74) is 2.25. The second-order valence-electron chi connectivity index (χ2n) is 6.06. The third-order valence-corrected chi connectivity index (χ3v) is 4.37. The number of carbonyl (C=O) groups excluding carboxylic acids is 1. The fraction of sp³-hybridized carbons (Fsp3) is 0.300. The molecule has 5 heteroatoms. The third-order valence-electron chi connectivity index (χ3n) is 4.37. The van der Waals surface area contributed by atoms with E-state index >= 15 is 0 Å². The normalized spacial score (nSPS) is 15.5. The van der Waals surface area contributed by atoms with Crippen molar-refractivity contribution in [2.75, 3.05) is 33.3 Å². The first-order valence-corrected chi connectivity index (χ1v) is 8.47. The van der Waals surface area contributed by atoms with E-state index in [-0.39, 0.29) is 5.91 Å². The van der Waals surface area contributed by atoms with Crippen LogP contribution in [0.5, 0.6) is 5.75 Å². The van der Waals surface area contributed by atoms with Crippen molar-refractivity contribution in [3.8, 4) is 5.75 Å². The predicted molar refractivity (Wildman–Crippen MR) is 98.1 cm³/mol. The molecule has 0 saturated carbocycles. The van der Waals surface area contributed by atoms with E-state index < -0.39 is 0 Å². The van der Waals surface area contributed by atoms with Gasteiger partial charge in [0, 0.05) is 51.2 Å². The lowest BCUT2D eigenvalue weighted by Gasteiger charge is -2.34. The number of piperazine rings is 1. The lowest BCUT2D eigenvalue weighted by atomic mass is 10.2. The van der Waals surface area contributed by atoms with Crippen LogP contribution in [0.1, 0.15) is 11.1 Å². The first-order valence-electron chi connectivity index (χ1n) is 8.47. The fourth-order valence-corrected chi connectivity index (χ4v) is 2.86. The van der Waals surface area contributed by atoms with Crippen molar-refractivity contribution < 1.29 is 9.53 Å². The number of benzene rings is 1. The van der Waals surface area contributed by atoms with E-state index in [4.69, 9.17) is 4.74 Å². The Morgan fingerprint density at radius 2 is 1.76 bits per heavy atom. The Hall–Kier alpha value is -2.66. The molecule has 130 valence electrons. The van der Waals surface area contributed by atoms with Gasteiger partial charge in [0.25, 0.3) is 0 Å². The highest BCUT2D eigenvalue weighted by atomic mass is 16.5. The molecule has 0 spiro atoms. The Morgan fingerprint density at radius 3 is 2.40 bits per heavy atom. The van der Waals surface area contributed by atoms with Crippen LogP contribution in [-0.2, 0) is 11.3 Å². The summed E-state index contributed by atoms with van der Waals surface area (Å²) in [7, 11) is 1.67. The quantitative estimate of drug-likeness (QED) is 0.786. The van der Waals surface area contributed by atoms with Crippen LogP contribution < -0.4 is 4.74 Å². The second-order valence-corrected chi connectivity index (χ2v) is 6.06. The number of ether oxygens (including phenoxy) is 1. The van der Waals surface area contributed by atoms with E-state index in [9.17, 15) is 4.79 Å². The van der Waals surface area contributed by atoms with E-state index in [1.807, 2.05) is 35.2 Å². The first kappa shape index (κ1) is 17.2. The summed E-state index contributed by atoms with van der Waals surface area (Å²) in [4.78, 5) is 20.5. The van der Waals surface area contributed by atoms with Crippen molar-refractivity contribution in [3.05, 3.63) is 66.0 Å². The molecular weight excluding hydrogens is 314 g/mol. The number of methoxy groups -OCH3 is 1. The molecular formula is C20H23N3O2. The van der Waals surface area contributed by atoms with Crippen LogP contribution in [0.25, 0.3) is 6.08 Å². The monoisotopic (exact) mass is 337 g/mol. The number of hydrogen-bond acceptors (Lipinski definition) is 4. The maximum atomic E-state index is 12.3. The maximum Gasteiger partial charge on any atom is 0.246 e. The maximum absolute atomic E-state index is 12.3. The molecule has 1 fully saturated rings. The van der Waals surface area contributed by atoms with Gasteiger partial charge in [0.2, 0.25) is 5.91 Å². The van der Waals surface area contributed by atoms with Gasteiger partial charge in [-0.25, -0.2) is 0 Å². The molecule has 2 aromatic rings. The molecule has 5 nitrogen and oxygen atoms in total. The zero-order chi connectivity index (χ0) is 17.5. The van der Waals surface area contributed by atoms with Gasteiger partial charge in [-0.05, 0) is 41.5 Å². The van der Waals surface area contributed by atoms with Crippen LogP contribution in [0.3, 0.4) is 0 Å². The molecule has 0 atom stereocenters. The summed E-state index contributed by atoms with van der Waals surface area (Å²) in [5.74, 6) is 0.945. The zero-order valence-corrected chi connectivity index (χ0v) is 14.5. The molecule has 3 rings (SSSR count). The minimum atomic E-state index is 0.0703. The van der Waals surface area contributed by atoms with Crippen molar-refractivity contribution in [1.82, 2.24) is 14.8 Å². The Balaban J connectivity index is 1.47. The largest absolute Gasteiger partial charge is 0.497 e. The SMILES string of the molecule is COc1ccc(CN2CCN(C(=O)/C=C/c3ccncc3)CC2)cc1. The lowest BCUT2D eigenvalue weighted by Crippen LogP contribution is -2.47. The fourth-order valence-electron chi connectivity index (χ4n) is 2.86. The first-order chi connectivity index (χ1) is 12.2. The van der Waals surface area contributed by atoms with Gasteiger partial charge in [-0.15, -0.1) is 0 Å². The highest BCUT2D eigenvalue weighted by molar-refractivity contribution is 5.91.